The highest BCUT2D eigenvalue weighted by Crippen LogP contribution is 2.27. The number of carbonyl (C=O) groups excluding carboxylic acids is 2. The molecule has 1 rings (SSSR count). The second-order valence-electron chi connectivity index (χ2n) is 2.90. The first-order valence-corrected chi connectivity index (χ1v) is 3.89. The molecule has 1 aliphatic rings. The van der Waals surface area contributed by atoms with Crippen molar-refractivity contribution in [2.75, 3.05) is 13.6 Å². The summed E-state index contributed by atoms with van der Waals surface area (Å²) in [6, 6.07) is -0.00492. The maximum Gasteiger partial charge on any atom is 0.239 e. The van der Waals surface area contributed by atoms with E-state index in [9.17, 15) is 9.59 Å². The molecule has 0 spiro atoms. The standard InChI is InChI=1S/C7H13N3O2/c1-9-6(11)3-10-7(12)4-2-5(4)8/h4-5H,2-3,8H2,1H3,(H,9,11)(H,10,12). The van der Waals surface area contributed by atoms with Crippen LogP contribution in [-0.4, -0.2) is 31.4 Å². The second-order valence-corrected chi connectivity index (χ2v) is 2.90. The third-order valence-electron chi connectivity index (χ3n) is 1.88. The lowest BCUT2D eigenvalue weighted by molar-refractivity contribution is -0.126. The van der Waals surface area contributed by atoms with Crippen molar-refractivity contribution in [1.29, 1.82) is 0 Å². The summed E-state index contributed by atoms with van der Waals surface area (Å²) >= 11 is 0. The van der Waals surface area contributed by atoms with Crippen molar-refractivity contribution >= 4 is 11.8 Å². The second kappa shape index (κ2) is 3.53. The van der Waals surface area contributed by atoms with Crippen molar-refractivity contribution in [3.63, 3.8) is 0 Å². The van der Waals surface area contributed by atoms with Crippen LogP contribution in [0.3, 0.4) is 0 Å². The number of hydrogen-bond acceptors (Lipinski definition) is 3. The molecule has 4 N–H and O–H groups in total. The van der Waals surface area contributed by atoms with Crippen LogP contribution in [0.5, 0.6) is 0 Å². The number of rotatable bonds is 3. The molecule has 0 aromatic heterocycles. The molecule has 2 unspecified atom stereocenters. The zero-order valence-corrected chi connectivity index (χ0v) is 6.96. The molecule has 0 saturated heterocycles. The molecule has 0 aromatic carbocycles. The van der Waals surface area contributed by atoms with Gasteiger partial charge in [0.05, 0.1) is 12.5 Å². The maximum absolute atomic E-state index is 11.1. The molecule has 0 bridgehead atoms. The maximum atomic E-state index is 11.1. The normalized spacial score (nSPS) is 26.2. The monoisotopic (exact) mass is 171 g/mol. The van der Waals surface area contributed by atoms with E-state index in [0.29, 0.717) is 0 Å². The minimum absolute atomic E-state index is 0.00492. The summed E-state index contributed by atoms with van der Waals surface area (Å²) in [6.07, 6.45) is 0.736. The molecule has 0 aliphatic heterocycles. The van der Waals surface area contributed by atoms with Gasteiger partial charge in [-0.2, -0.15) is 0 Å². The first-order valence-electron chi connectivity index (χ1n) is 3.89. The largest absolute Gasteiger partial charge is 0.358 e. The summed E-state index contributed by atoms with van der Waals surface area (Å²) < 4.78 is 0. The van der Waals surface area contributed by atoms with Crippen molar-refractivity contribution in [2.24, 2.45) is 11.7 Å². The van der Waals surface area contributed by atoms with Gasteiger partial charge in [-0.05, 0) is 6.42 Å². The Morgan fingerprint density at radius 3 is 2.58 bits per heavy atom. The lowest BCUT2D eigenvalue weighted by atomic mass is 10.4. The van der Waals surface area contributed by atoms with Crippen LogP contribution < -0.4 is 16.4 Å². The van der Waals surface area contributed by atoms with Crippen LogP contribution in [0.25, 0.3) is 0 Å². The molecule has 2 amide bonds. The van der Waals surface area contributed by atoms with E-state index >= 15 is 0 Å². The van der Waals surface area contributed by atoms with Crippen LogP contribution in [0.15, 0.2) is 0 Å². The number of nitrogens with one attached hydrogen (secondary N) is 2. The van der Waals surface area contributed by atoms with E-state index in [2.05, 4.69) is 10.6 Å². The van der Waals surface area contributed by atoms with E-state index in [0.717, 1.165) is 6.42 Å². The van der Waals surface area contributed by atoms with E-state index in [-0.39, 0.29) is 30.3 Å². The minimum atomic E-state index is -0.197. The smallest absolute Gasteiger partial charge is 0.239 e. The molecule has 5 nitrogen and oxygen atoms in total. The Kier molecular flexibility index (Phi) is 2.65. The van der Waals surface area contributed by atoms with E-state index < -0.39 is 0 Å². The topological polar surface area (TPSA) is 84.2 Å². The Balaban J connectivity index is 2.15. The zero-order valence-electron chi connectivity index (χ0n) is 6.96. The van der Waals surface area contributed by atoms with E-state index in [1.807, 2.05) is 0 Å². The van der Waals surface area contributed by atoms with Crippen molar-refractivity contribution in [1.82, 2.24) is 10.6 Å². The third-order valence-corrected chi connectivity index (χ3v) is 1.88. The summed E-state index contributed by atoms with van der Waals surface area (Å²) in [5, 5.41) is 4.90. The number of amides is 2. The molecule has 1 fully saturated rings. The highest BCUT2D eigenvalue weighted by molar-refractivity contribution is 5.87. The number of hydrogen-bond donors (Lipinski definition) is 3. The van der Waals surface area contributed by atoms with Crippen LogP contribution in [-0.2, 0) is 9.59 Å². The van der Waals surface area contributed by atoms with Gasteiger partial charge in [-0.25, -0.2) is 0 Å². The Morgan fingerprint density at radius 2 is 2.17 bits per heavy atom. The Morgan fingerprint density at radius 1 is 1.58 bits per heavy atom. The third kappa shape index (κ3) is 2.20. The molecule has 0 radical (unpaired) electrons. The summed E-state index contributed by atoms with van der Waals surface area (Å²) in [6.45, 7) is 0.0402. The average Bonchev–Trinajstić information content (AvgIpc) is 2.77. The molecule has 1 saturated carbocycles. The highest BCUT2D eigenvalue weighted by Gasteiger charge is 2.39. The Bertz CT molecular complexity index is 205. The predicted molar refractivity (Wildman–Crippen MR) is 43.2 cm³/mol. The Labute approximate surface area is 70.7 Å². The fourth-order valence-electron chi connectivity index (χ4n) is 0.903. The molecule has 2 atom stereocenters. The van der Waals surface area contributed by atoms with Gasteiger partial charge in [0, 0.05) is 13.1 Å². The highest BCUT2D eigenvalue weighted by atomic mass is 16.2. The van der Waals surface area contributed by atoms with Crippen molar-refractivity contribution < 1.29 is 9.59 Å². The molecule has 0 aromatic rings. The van der Waals surface area contributed by atoms with Gasteiger partial charge in [-0.15, -0.1) is 0 Å². The van der Waals surface area contributed by atoms with Crippen LogP contribution in [0.1, 0.15) is 6.42 Å². The van der Waals surface area contributed by atoms with Gasteiger partial charge in [0.2, 0.25) is 11.8 Å². The number of likely N-dealkylation sites (N-methyl/N-ethyl adjacent to an activating group) is 1. The predicted octanol–water partition coefficient (Wildman–Crippen LogP) is -1.80. The van der Waals surface area contributed by atoms with E-state index in [4.69, 9.17) is 5.73 Å². The molecule has 68 valence electrons. The first-order chi connectivity index (χ1) is 5.65. The molecule has 12 heavy (non-hydrogen) atoms. The zero-order chi connectivity index (χ0) is 9.14. The summed E-state index contributed by atoms with van der Waals surface area (Å²) in [7, 11) is 1.53. The quantitative estimate of drug-likeness (QED) is 0.468. The van der Waals surface area contributed by atoms with Crippen LogP contribution in [0.4, 0.5) is 0 Å². The fraction of sp³-hybridized carbons (Fsp3) is 0.714. The van der Waals surface area contributed by atoms with Gasteiger partial charge in [-0.3, -0.25) is 9.59 Å². The van der Waals surface area contributed by atoms with Crippen LogP contribution in [0.2, 0.25) is 0 Å². The summed E-state index contributed by atoms with van der Waals surface area (Å²) in [5.41, 5.74) is 5.44. The summed E-state index contributed by atoms with van der Waals surface area (Å²) in [4.78, 5) is 21.7. The number of nitrogens with two attached hydrogens (primary N) is 1. The van der Waals surface area contributed by atoms with Crippen molar-refractivity contribution in [3.8, 4) is 0 Å². The SMILES string of the molecule is CNC(=O)CNC(=O)C1CC1N. The van der Waals surface area contributed by atoms with Gasteiger partial charge >= 0.3 is 0 Å². The van der Waals surface area contributed by atoms with Crippen molar-refractivity contribution in [2.45, 2.75) is 12.5 Å². The van der Waals surface area contributed by atoms with Gasteiger partial charge < -0.3 is 16.4 Å². The van der Waals surface area contributed by atoms with Gasteiger partial charge in [0.1, 0.15) is 0 Å². The minimum Gasteiger partial charge on any atom is -0.358 e. The van der Waals surface area contributed by atoms with E-state index in [1.54, 1.807) is 0 Å². The molecule has 0 heterocycles. The Hall–Kier alpha value is -1.10. The van der Waals surface area contributed by atoms with Crippen LogP contribution >= 0.6 is 0 Å². The fourth-order valence-corrected chi connectivity index (χ4v) is 0.903. The van der Waals surface area contributed by atoms with Crippen LogP contribution in [0, 0.1) is 5.92 Å². The van der Waals surface area contributed by atoms with Gasteiger partial charge in [-0.1, -0.05) is 0 Å². The lowest BCUT2D eigenvalue weighted by Crippen LogP contribution is -2.36. The average molecular weight is 171 g/mol. The molecular formula is C7H13N3O2. The number of carbonyl (C=O) groups is 2. The van der Waals surface area contributed by atoms with E-state index in [1.165, 1.54) is 7.05 Å². The van der Waals surface area contributed by atoms with Crippen molar-refractivity contribution in [3.05, 3.63) is 0 Å². The first kappa shape index (κ1) is 8.99. The molecule has 1 aliphatic carbocycles. The van der Waals surface area contributed by atoms with Gasteiger partial charge in [0.25, 0.3) is 0 Å². The summed E-state index contributed by atoms with van der Waals surface area (Å²) in [5.74, 6) is -0.390. The van der Waals surface area contributed by atoms with Gasteiger partial charge in [0.15, 0.2) is 0 Å². The molecule has 5 heteroatoms. The lowest BCUT2D eigenvalue weighted by Gasteiger charge is -2.01. The molecular weight excluding hydrogens is 158 g/mol.